The molecule has 3 aromatic rings. The van der Waals surface area contributed by atoms with Crippen LogP contribution in [0.15, 0.2) is 59.8 Å². The van der Waals surface area contributed by atoms with E-state index in [9.17, 15) is 13.2 Å². The van der Waals surface area contributed by atoms with Crippen LogP contribution in [0.3, 0.4) is 0 Å². The summed E-state index contributed by atoms with van der Waals surface area (Å²) in [6, 6.07) is 13.4. The molecule has 1 aliphatic carbocycles. The summed E-state index contributed by atoms with van der Waals surface area (Å²) < 4.78 is 38.3. The van der Waals surface area contributed by atoms with E-state index in [1.54, 1.807) is 0 Å². The van der Waals surface area contributed by atoms with Crippen LogP contribution in [0.2, 0.25) is 0 Å². The number of thioether (sulfide) groups is 1. The summed E-state index contributed by atoms with van der Waals surface area (Å²) >= 11 is 1.92. The van der Waals surface area contributed by atoms with Crippen molar-refractivity contribution >= 4 is 17.6 Å². The highest BCUT2D eigenvalue weighted by atomic mass is 32.2. The van der Waals surface area contributed by atoms with Gasteiger partial charge in [-0.3, -0.25) is 4.98 Å². The van der Waals surface area contributed by atoms with Crippen molar-refractivity contribution in [1.82, 2.24) is 15.3 Å². The zero-order valence-corrected chi connectivity index (χ0v) is 19.6. The SMILES string of the molecule is FC(F)(F)c1ccc(NC2CCC(Sc3ccccc3-c3nccc4c3CNCC4)CC2)nc1. The molecule has 5 rings (SSSR count). The van der Waals surface area contributed by atoms with Gasteiger partial charge in [0, 0.05) is 40.7 Å². The minimum absolute atomic E-state index is 0.227. The summed E-state index contributed by atoms with van der Waals surface area (Å²) in [6.45, 7) is 1.86. The molecule has 0 radical (unpaired) electrons. The average Bonchev–Trinajstić information content (AvgIpc) is 2.85. The number of fused-ring (bicyclic) bond motifs is 1. The molecule has 1 aliphatic heterocycles. The second-order valence-corrected chi connectivity index (χ2v) is 10.2. The van der Waals surface area contributed by atoms with Gasteiger partial charge in [-0.1, -0.05) is 18.2 Å². The summed E-state index contributed by atoms with van der Waals surface area (Å²) in [7, 11) is 0. The van der Waals surface area contributed by atoms with E-state index in [-0.39, 0.29) is 6.04 Å². The molecule has 1 aromatic carbocycles. The normalized spacial score (nSPS) is 20.6. The number of alkyl halides is 3. The fraction of sp³-hybridized carbons (Fsp3) is 0.385. The average molecular weight is 485 g/mol. The molecule has 34 heavy (non-hydrogen) atoms. The summed E-state index contributed by atoms with van der Waals surface area (Å²) in [6.07, 6.45) is 3.50. The van der Waals surface area contributed by atoms with Crippen LogP contribution < -0.4 is 10.6 Å². The Morgan fingerprint density at radius 1 is 0.971 bits per heavy atom. The van der Waals surface area contributed by atoms with Crippen LogP contribution >= 0.6 is 11.8 Å². The lowest BCUT2D eigenvalue weighted by Gasteiger charge is -2.29. The molecule has 2 aromatic heterocycles. The molecule has 2 N–H and O–H groups in total. The summed E-state index contributed by atoms with van der Waals surface area (Å²) in [5.41, 5.74) is 4.24. The number of anilines is 1. The highest BCUT2D eigenvalue weighted by Gasteiger charge is 2.31. The molecule has 178 valence electrons. The van der Waals surface area contributed by atoms with E-state index in [4.69, 9.17) is 4.98 Å². The number of nitrogens with zero attached hydrogens (tertiary/aromatic N) is 2. The lowest BCUT2D eigenvalue weighted by molar-refractivity contribution is -0.137. The third-order valence-corrected chi connectivity index (χ3v) is 7.99. The van der Waals surface area contributed by atoms with Gasteiger partial charge in [0.2, 0.25) is 0 Å². The van der Waals surface area contributed by atoms with Crippen molar-refractivity contribution in [3.63, 3.8) is 0 Å². The maximum Gasteiger partial charge on any atom is 0.417 e. The number of nitrogens with one attached hydrogen (secondary N) is 2. The third-order valence-electron chi connectivity index (χ3n) is 6.58. The molecule has 0 atom stereocenters. The first kappa shape index (κ1) is 23.2. The highest BCUT2D eigenvalue weighted by Crippen LogP contribution is 2.40. The fourth-order valence-corrected chi connectivity index (χ4v) is 6.07. The summed E-state index contributed by atoms with van der Waals surface area (Å²) in [5.74, 6) is 0.503. The monoisotopic (exact) mass is 484 g/mol. The Labute approximate surface area is 201 Å². The molecular weight excluding hydrogens is 457 g/mol. The van der Waals surface area contributed by atoms with Crippen LogP contribution in [-0.2, 0) is 19.1 Å². The second-order valence-electron chi connectivity index (χ2n) is 8.89. The van der Waals surface area contributed by atoms with Crippen molar-refractivity contribution < 1.29 is 13.2 Å². The quantitative estimate of drug-likeness (QED) is 0.444. The van der Waals surface area contributed by atoms with E-state index in [1.807, 2.05) is 18.0 Å². The predicted molar refractivity (Wildman–Crippen MR) is 130 cm³/mol. The third kappa shape index (κ3) is 5.23. The lowest BCUT2D eigenvalue weighted by atomic mass is 9.95. The number of rotatable bonds is 5. The van der Waals surface area contributed by atoms with E-state index in [0.29, 0.717) is 11.1 Å². The van der Waals surface area contributed by atoms with Crippen molar-refractivity contribution in [2.24, 2.45) is 0 Å². The van der Waals surface area contributed by atoms with E-state index >= 15 is 0 Å². The first-order valence-corrected chi connectivity index (χ1v) is 12.6. The molecule has 4 nitrogen and oxygen atoms in total. The fourth-order valence-electron chi connectivity index (χ4n) is 4.76. The van der Waals surface area contributed by atoms with Crippen LogP contribution in [0.4, 0.5) is 19.0 Å². The minimum Gasteiger partial charge on any atom is -0.367 e. The molecule has 0 saturated heterocycles. The zero-order chi connectivity index (χ0) is 23.5. The molecule has 1 fully saturated rings. The van der Waals surface area contributed by atoms with Crippen LogP contribution in [-0.4, -0.2) is 27.8 Å². The summed E-state index contributed by atoms with van der Waals surface area (Å²) in [5, 5.41) is 7.28. The molecule has 8 heteroatoms. The summed E-state index contributed by atoms with van der Waals surface area (Å²) in [4.78, 5) is 9.97. The maximum atomic E-state index is 12.8. The molecule has 0 unspecified atom stereocenters. The van der Waals surface area contributed by atoms with Crippen LogP contribution in [0.25, 0.3) is 11.3 Å². The van der Waals surface area contributed by atoms with Crippen molar-refractivity contribution in [2.45, 2.75) is 61.0 Å². The van der Waals surface area contributed by atoms with Gasteiger partial charge >= 0.3 is 6.18 Å². The molecule has 0 amide bonds. The Morgan fingerprint density at radius 3 is 2.56 bits per heavy atom. The first-order chi connectivity index (χ1) is 16.5. The highest BCUT2D eigenvalue weighted by molar-refractivity contribution is 8.00. The zero-order valence-electron chi connectivity index (χ0n) is 18.7. The Hall–Kier alpha value is -2.58. The lowest BCUT2D eigenvalue weighted by Crippen LogP contribution is -2.27. The number of hydrogen-bond acceptors (Lipinski definition) is 5. The number of benzene rings is 1. The maximum absolute atomic E-state index is 12.8. The molecule has 2 aliphatic rings. The minimum atomic E-state index is -4.36. The Morgan fingerprint density at radius 2 is 1.79 bits per heavy atom. The smallest absolute Gasteiger partial charge is 0.367 e. The van der Waals surface area contributed by atoms with Gasteiger partial charge in [-0.25, -0.2) is 4.98 Å². The number of pyridine rings is 2. The van der Waals surface area contributed by atoms with E-state index in [0.717, 1.165) is 63.2 Å². The van der Waals surface area contributed by atoms with Gasteiger partial charge in [0.15, 0.2) is 0 Å². The molecule has 1 saturated carbocycles. The Bertz CT molecular complexity index is 1130. The Kier molecular flexibility index (Phi) is 6.79. The topological polar surface area (TPSA) is 49.8 Å². The molecular formula is C26H27F3N4S. The van der Waals surface area contributed by atoms with Gasteiger partial charge in [0.25, 0.3) is 0 Å². The van der Waals surface area contributed by atoms with E-state index < -0.39 is 11.7 Å². The van der Waals surface area contributed by atoms with Crippen LogP contribution in [0.5, 0.6) is 0 Å². The van der Waals surface area contributed by atoms with Gasteiger partial charge in [0.05, 0.1) is 11.3 Å². The van der Waals surface area contributed by atoms with E-state index in [2.05, 4.69) is 45.9 Å². The van der Waals surface area contributed by atoms with Crippen LogP contribution in [0, 0.1) is 0 Å². The molecule has 0 bridgehead atoms. The van der Waals surface area contributed by atoms with Crippen molar-refractivity contribution in [2.75, 3.05) is 11.9 Å². The Balaban J connectivity index is 1.22. The number of aromatic nitrogens is 2. The number of halogens is 3. The van der Waals surface area contributed by atoms with Gasteiger partial charge in [-0.2, -0.15) is 13.2 Å². The van der Waals surface area contributed by atoms with Gasteiger partial charge < -0.3 is 10.6 Å². The van der Waals surface area contributed by atoms with E-state index in [1.165, 1.54) is 27.7 Å². The number of hydrogen-bond donors (Lipinski definition) is 2. The van der Waals surface area contributed by atoms with Crippen LogP contribution in [0.1, 0.15) is 42.4 Å². The van der Waals surface area contributed by atoms with Gasteiger partial charge in [-0.15, -0.1) is 11.8 Å². The molecule has 3 heterocycles. The standard InChI is InChI=1S/C26H27F3N4S/c27-26(28,29)18-5-10-24(32-15-18)33-19-6-8-20(9-7-19)34-23-4-2-1-3-21(23)25-22-16-30-13-11-17(22)12-14-31-25/h1-5,10,12,14-15,19-20,30H,6-9,11,13,16H2,(H,32,33). The predicted octanol–water partition coefficient (Wildman–Crippen LogP) is 6.32. The van der Waals surface area contributed by atoms with Crippen molar-refractivity contribution in [1.29, 1.82) is 0 Å². The van der Waals surface area contributed by atoms with Crippen molar-refractivity contribution in [3.05, 3.63) is 71.5 Å². The molecule has 0 spiro atoms. The van der Waals surface area contributed by atoms with Crippen molar-refractivity contribution in [3.8, 4) is 11.3 Å². The van der Waals surface area contributed by atoms with Gasteiger partial charge in [0.1, 0.15) is 5.82 Å². The first-order valence-electron chi connectivity index (χ1n) is 11.7. The second kappa shape index (κ2) is 9.96. The largest absolute Gasteiger partial charge is 0.417 e. The van der Waals surface area contributed by atoms with Gasteiger partial charge in [-0.05, 0) is 74.0 Å².